The Labute approximate surface area is 169 Å². The number of aromatic nitrogens is 2. The summed E-state index contributed by atoms with van der Waals surface area (Å²) < 4.78 is 7.11. The van der Waals surface area contributed by atoms with Gasteiger partial charge in [0.25, 0.3) is 0 Å². The van der Waals surface area contributed by atoms with Crippen molar-refractivity contribution in [3.8, 4) is 0 Å². The highest BCUT2D eigenvalue weighted by Crippen LogP contribution is 2.28. The van der Waals surface area contributed by atoms with Gasteiger partial charge in [-0.3, -0.25) is 5.32 Å². The van der Waals surface area contributed by atoms with Gasteiger partial charge >= 0.3 is 12.1 Å². The zero-order valence-corrected chi connectivity index (χ0v) is 19.1. The van der Waals surface area contributed by atoms with Gasteiger partial charge in [-0.2, -0.15) is 5.10 Å². The number of urea groups is 1. The molecule has 8 heteroatoms. The topological polar surface area (TPSA) is 88.5 Å². The van der Waals surface area contributed by atoms with Crippen LogP contribution in [-0.2, 0) is 15.7 Å². The predicted octanol–water partition coefficient (Wildman–Crippen LogP) is 3.92. The Hall–Kier alpha value is -2.25. The molecule has 0 aromatic carbocycles. The number of ether oxygens (including phenoxy) is 1. The van der Waals surface area contributed by atoms with Crippen LogP contribution in [0.4, 0.5) is 15.4 Å². The Bertz CT molecular complexity index is 690. The number of nitrogens with one attached hydrogen (secondary N) is 2. The zero-order valence-electron chi connectivity index (χ0n) is 19.1. The highest BCUT2D eigenvalue weighted by molar-refractivity contribution is 5.88. The van der Waals surface area contributed by atoms with Gasteiger partial charge in [0.1, 0.15) is 11.4 Å². The van der Waals surface area contributed by atoms with Gasteiger partial charge in [0.15, 0.2) is 0 Å². The molecule has 2 N–H and O–H groups in total. The molecule has 0 unspecified atom stereocenters. The lowest BCUT2D eigenvalue weighted by Gasteiger charge is -2.25. The molecule has 1 heterocycles. The first-order valence-electron chi connectivity index (χ1n) is 9.61. The van der Waals surface area contributed by atoms with E-state index in [1.165, 1.54) is 4.90 Å². The van der Waals surface area contributed by atoms with E-state index in [2.05, 4.69) is 36.5 Å². The molecule has 0 atom stereocenters. The number of nitrogens with zero attached hydrogens (tertiary/aromatic N) is 3. The van der Waals surface area contributed by atoms with Crippen LogP contribution in [-0.4, -0.2) is 52.5 Å². The predicted molar refractivity (Wildman–Crippen MR) is 112 cm³/mol. The summed E-state index contributed by atoms with van der Waals surface area (Å²) in [7, 11) is 1.64. The summed E-state index contributed by atoms with van der Waals surface area (Å²) >= 11 is 0. The van der Waals surface area contributed by atoms with E-state index in [0.29, 0.717) is 18.9 Å². The third-order valence-corrected chi connectivity index (χ3v) is 3.79. The molecule has 3 amide bonds. The van der Waals surface area contributed by atoms with E-state index < -0.39 is 11.7 Å². The van der Waals surface area contributed by atoms with Gasteiger partial charge in [-0.05, 0) is 41.5 Å². The summed E-state index contributed by atoms with van der Waals surface area (Å²) in [6, 6.07) is 1.56. The van der Waals surface area contributed by atoms with E-state index in [1.54, 1.807) is 7.05 Å². The van der Waals surface area contributed by atoms with E-state index in [4.69, 9.17) is 4.74 Å². The molecule has 160 valence electrons. The Morgan fingerprint density at radius 3 is 2.14 bits per heavy atom. The van der Waals surface area contributed by atoms with Crippen LogP contribution in [0.3, 0.4) is 0 Å². The molecule has 8 nitrogen and oxygen atoms in total. The van der Waals surface area contributed by atoms with E-state index >= 15 is 0 Å². The second-order valence-corrected chi connectivity index (χ2v) is 10.0. The molecule has 1 aromatic rings. The van der Waals surface area contributed by atoms with Gasteiger partial charge in [0, 0.05) is 31.6 Å². The number of carbonyl (C=O) groups is 2. The molecule has 0 aliphatic heterocycles. The van der Waals surface area contributed by atoms with Crippen molar-refractivity contribution in [1.82, 2.24) is 20.0 Å². The number of hydrogen-bond acceptors (Lipinski definition) is 4. The third kappa shape index (κ3) is 7.40. The molecular formula is C20H37N5O3. The van der Waals surface area contributed by atoms with Crippen LogP contribution in [0.25, 0.3) is 0 Å². The van der Waals surface area contributed by atoms with Crippen molar-refractivity contribution in [1.29, 1.82) is 0 Å². The Morgan fingerprint density at radius 2 is 1.68 bits per heavy atom. The van der Waals surface area contributed by atoms with E-state index in [0.717, 1.165) is 5.69 Å². The second-order valence-electron chi connectivity index (χ2n) is 10.0. The smallest absolute Gasteiger partial charge is 0.410 e. The molecule has 0 saturated heterocycles. The standard InChI is InChI=1S/C20H37N5O3/c1-18(2,3)14-13-15(25(23-14)19(4,5)6)22-16(26)21-11-12-24(10)17(27)28-20(7,8)9/h13H,11-12H2,1-10H3,(H2,21,22,26). The molecule has 0 fully saturated rings. The highest BCUT2D eigenvalue weighted by Gasteiger charge is 2.26. The number of hydrogen-bond donors (Lipinski definition) is 2. The first-order valence-corrected chi connectivity index (χ1v) is 9.61. The Morgan fingerprint density at radius 1 is 1.11 bits per heavy atom. The molecular weight excluding hydrogens is 358 g/mol. The summed E-state index contributed by atoms with van der Waals surface area (Å²) in [5.74, 6) is 0.635. The summed E-state index contributed by atoms with van der Waals surface area (Å²) in [4.78, 5) is 25.7. The maximum Gasteiger partial charge on any atom is 0.410 e. The fourth-order valence-corrected chi connectivity index (χ4v) is 2.28. The maximum atomic E-state index is 12.3. The van der Waals surface area contributed by atoms with E-state index in [1.807, 2.05) is 52.3 Å². The molecule has 0 radical (unpaired) electrons. The summed E-state index contributed by atoms with van der Waals surface area (Å²) in [5, 5.41) is 10.3. The largest absolute Gasteiger partial charge is 0.444 e. The van der Waals surface area contributed by atoms with Gasteiger partial charge in [-0.15, -0.1) is 0 Å². The lowest BCUT2D eigenvalue weighted by atomic mass is 9.92. The first kappa shape index (κ1) is 23.8. The van der Waals surface area contributed by atoms with Crippen LogP contribution >= 0.6 is 0 Å². The van der Waals surface area contributed by atoms with Crippen molar-refractivity contribution >= 4 is 17.9 Å². The first-order chi connectivity index (χ1) is 12.5. The Balaban J connectivity index is 2.69. The molecule has 28 heavy (non-hydrogen) atoms. The van der Waals surface area contributed by atoms with Crippen LogP contribution in [0, 0.1) is 0 Å². The molecule has 0 aliphatic rings. The molecule has 0 spiro atoms. The van der Waals surface area contributed by atoms with Crippen LogP contribution in [0.1, 0.15) is 68.0 Å². The number of carbonyl (C=O) groups excluding carboxylic acids is 2. The molecule has 0 aliphatic carbocycles. The van der Waals surface area contributed by atoms with Crippen LogP contribution in [0.5, 0.6) is 0 Å². The molecule has 0 bridgehead atoms. The van der Waals surface area contributed by atoms with E-state index in [-0.39, 0.29) is 17.0 Å². The minimum atomic E-state index is -0.549. The number of anilines is 1. The SMILES string of the molecule is CN(CCNC(=O)Nc1cc(C(C)(C)C)nn1C(C)(C)C)C(=O)OC(C)(C)C. The van der Waals surface area contributed by atoms with Gasteiger partial charge in [-0.25, -0.2) is 14.3 Å². The van der Waals surface area contributed by atoms with Crippen molar-refractivity contribution in [2.45, 2.75) is 78.9 Å². The lowest BCUT2D eigenvalue weighted by Crippen LogP contribution is -2.40. The van der Waals surface area contributed by atoms with Gasteiger partial charge < -0.3 is 15.0 Å². The van der Waals surface area contributed by atoms with Crippen molar-refractivity contribution in [3.63, 3.8) is 0 Å². The number of rotatable bonds is 4. The van der Waals surface area contributed by atoms with Crippen molar-refractivity contribution < 1.29 is 14.3 Å². The quantitative estimate of drug-likeness (QED) is 0.808. The lowest BCUT2D eigenvalue weighted by molar-refractivity contribution is 0.0301. The average Bonchev–Trinajstić information content (AvgIpc) is 2.89. The van der Waals surface area contributed by atoms with Crippen molar-refractivity contribution in [2.75, 3.05) is 25.5 Å². The normalized spacial score (nSPS) is 12.5. The number of amides is 3. The maximum absolute atomic E-state index is 12.3. The van der Waals surface area contributed by atoms with Crippen molar-refractivity contribution in [2.24, 2.45) is 0 Å². The fourth-order valence-electron chi connectivity index (χ4n) is 2.28. The Kier molecular flexibility index (Phi) is 7.14. The van der Waals surface area contributed by atoms with Gasteiger partial charge in [0.05, 0.1) is 11.2 Å². The van der Waals surface area contributed by atoms with Crippen molar-refractivity contribution in [3.05, 3.63) is 11.8 Å². The molecule has 0 saturated carbocycles. The monoisotopic (exact) mass is 395 g/mol. The molecule has 1 aromatic heterocycles. The summed E-state index contributed by atoms with van der Waals surface area (Å²) in [5.41, 5.74) is -0.0446. The highest BCUT2D eigenvalue weighted by atomic mass is 16.6. The fraction of sp³-hybridized carbons (Fsp3) is 0.750. The molecule has 1 rings (SSSR count). The number of likely N-dealkylation sites (N-methyl/N-ethyl adjacent to an activating group) is 1. The van der Waals surface area contributed by atoms with Crippen LogP contribution in [0.2, 0.25) is 0 Å². The van der Waals surface area contributed by atoms with Crippen LogP contribution in [0.15, 0.2) is 6.07 Å². The summed E-state index contributed by atoms with van der Waals surface area (Å²) in [6.07, 6.45) is -0.421. The zero-order chi connectivity index (χ0) is 21.9. The van der Waals surface area contributed by atoms with Gasteiger partial charge in [-0.1, -0.05) is 20.8 Å². The minimum Gasteiger partial charge on any atom is -0.444 e. The third-order valence-electron chi connectivity index (χ3n) is 3.79. The van der Waals surface area contributed by atoms with Gasteiger partial charge in [0.2, 0.25) is 0 Å². The van der Waals surface area contributed by atoms with E-state index in [9.17, 15) is 9.59 Å². The average molecular weight is 396 g/mol. The minimum absolute atomic E-state index is 0.125. The van der Waals surface area contributed by atoms with Crippen LogP contribution < -0.4 is 10.6 Å². The second kappa shape index (κ2) is 8.41. The summed E-state index contributed by atoms with van der Waals surface area (Å²) in [6.45, 7) is 18.4.